The molecule has 1 aliphatic carbocycles. The minimum Gasteiger partial charge on any atom is -0.368 e. The Kier molecular flexibility index (Phi) is 7.03. The Labute approximate surface area is 164 Å². The summed E-state index contributed by atoms with van der Waals surface area (Å²) in [5.41, 5.74) is -0.0900. The third-order valence-electron chi connectivity index (χ3n) is 6.47. The van der Waals surface area contributed by atoms with E-state index in [1.807, 2.05) is 6.92 Å². The Balaban J connectivity index is 1.72. The van der Waals surface area contributed by atoms with E-state index in [9.17, 15) is 5.11 Å². The van der Waals surface area contributed by atoms with Gasteiger partial charge in [-0.25, -0.2) is 0 Å². The molecule has 2 unspecified atom stereocenters. The van der Waals surface area contributed by atoms with Crippen LogP contribution in [0.5, 0.6) is 0 Å². The van der Waals surface area contributed by atoms with Crippen molar-refractivity contribution in [1.82, 2.24) is 0 Å². The van der Waals surface area contributed by atoms with Crippen LogP contribution in [0.1, 0.15) is 66.2 Å². The highest BCUT2D eigenvalue weighted by Crippen LogP contribution is 2.46. The van der Waals surface area contributed by atoms with Crippen molar-refractivity contribution in [2.75, 3.05) is 6.61 Å². The number of aliphatic hydroxyl groups excluding tert-OH is 1. The molecule has 0 aromatic carbocycles. The Morgan fingerprint density at radius 3 is 2.81 bits per heavy atom. The van der Waals surface area contributed by atoms with Gasteiger partial charge in [0, 0.05) is 24.9 Å². The fourth-order valence-electron chi connectivity index (χ4n) is 4.77. The van der Waals surface area contributed by atoms with Gasteiger partial charge in [0.2, 0.25) is 0 Å². The summed E-state index contributed by atoms with van der Waals surface area (Å²) in [4.78, 5) is 0. The highest BCUT2D eigenvalue weighted by atomic mass is 16.7. The molecule has 7 atom stereocenters. The van der Waals surface area contributed by atoms with Crippen molar-refractivity contribution in [3.63, 3.8) is 0 Å². The standard InChI is InChI=1S/C23H36O4/c1-5-6-12-23(3,4)20(27-22-9-7-8-13-25-22)11-10-17-16(2)14-19-18(17)15-21(24)26-19/h10-11,16-22,24H,7-9,12-15H2,1-4H3/t16-,17+,18-,19+,20-,21?,22?/m1/s1. The molecule has 4 heteroatoms. The van der Waals surface area contributed by atoms with E-state index in [0.717, 1.165) is 45.1 Å². The van der Waals surface area contributed by atoms with Crippen LogP contribution in [0.3, 0.4) is 0 Å². The topological polar surface area (TPSA) is 47.9 Å². The first-order chi connectivity index (χ1) is 12.9. The molecule has 0 spiro atoms. The van der Waals surface area contributed by atoms with E-state index in [4.69, 9.17) is 14.2 Å². The van der Waals surface area contributed by atoms with Gasteiger partial charge in [-0.15, -0.1) is 11.8 Å². The van der Waals surface area contributed by atoms with Crippen LogP contribution in [-0.2, 0) is 14.2 Å². The van der Waals surface area contributed by atoms with Gasteiger partial charge in [-0.05, 0) is 50.4 Å². The van der Waals surface area contributed by atoms with Crippen molar-refractivity contribution in [3.8, 4) is 11.8 Å². The van der Waals surface area contributed by atoms with Gasteiger partial charge >= 0.3 is 0 Å². The maximum atomic E-state index is 9.86. The van der Waals surface area contributed by atoms with Gasteiger partial charge in [0.1, 0.15) is 0 Å². The van der Waals surface area contributed by atoms with Crippen LogP contribution < -0.4 is 0 Å². The molecule has 152 valence electrons. The zero-order valence-electron chi connectivity index (χ0n) is 17.3. The molecule has 3 rings (SSSR count). The van der Waals surface area contributed by atoms with E-state index < -0.39 is 6.29 Å². The molecule has 2 saturated heterocycles. The first kappa shape index (κ1) is 20.9. The molecule has 0 aromatic rings. The average molecular weight is 377 g/mol. The Hall–Kier alpha value is -0.860. The van der Waals surface area contributed by atoms with Gasteiger partial charge in [-0.1, -0.05) is 32.9 Å². The Bertz CT molecular complexity index is 567. The summed E-state index contributed by atoms with van der Waals surface area (Å²) in [7, 11) is 0. The van der Waals surface area contributed by atoms with Crippen molar-refractivity contribution < 1.29 is 19.3 Å². The van der Waals surface area contributed by atoms with Crippen molar-refractivity contribution in [2.24, 2.45) is 23.2 Å². The maximum absolute atomic E-state index is 9.86. The SMILES string of the molecule is CC#CCC(C)(C)[C@@H](C=C[C@@H]1[C@H]2CC(O)O[C@H]2C[C@H]1C)OC1CCCCO1. The summed E-state index contributed by atoms with van der Waals surface area (Å²) in [5, 5.41) is 9.86. The van der Waals surface area contributed by atoms with Gasteiger partial charge in [-0.2, -0.15) is 0 Å². The normalized spacial score (nSPS) is 37.8. The van der Waals surface area contributed by atoms with Crippen molar-refractivity contribution >= 4 is 0 Å². The monoisotopic (exact) mass is 376 g/mol. The number of hydrogen-bond acceptors (Lipinski definition) is 4. The quantitative estimate of drug-likeness (QED) is 0.555. The van der Waals surface area contributed by atoms with Gasteiger partial charge in [0.25, 0.3) is 0 Å². The first-order valence-electron chi connectivity index (χ1n) is 10.6. The van der Waals surface area contributed by atoms with Gasteiger partial charge < -0.3 is 19.3 Å². The molecule has 1 saturated carbocycles. The van der Waals surface area contributed by atoms with Crippen LogP contribution in [0.2, 0.25) is 0 Å². The summed E-state index contributed by atoms with van der Waals surface area (Å²) in [6.45, 7) is 9.40. The summed E-state index contributed by atoms with van der Waals surface area (Å²) in [5.74, 6) is 7.65. The van der Waals surface area contributed by atoms with Crippen LogP contribution >= 0.6 is 0 Å². The maximum Gasteiger partial charge on any atom is 0.158 e. The van der Waals surface area contributed by atoms with E-state index in [1.165, 1.54) is 0 Å². The predicted molar refractivity (Wildman–Crippen MR) is 106 cm³/mol. The molecule has 2 heterocycles. The van der Waals surface area contributed by atoms with Gasteiger partial charge in [0.05, 0.1) is 12.2 Å². The number of aliphatic hydroxyl groups is 1. The molecule has 0 bridgehead atoms. The second kappa shape index (κ2) is 9.09. The van der Waals surface area contributed by atoms with Crippen molar-refractivity contribution in [2.45, 2.75) is 91.0 Å². The second-order valence-corrected chi connectivity index (χ2v) is 9.15. The molecule has 4 nitrogen and oxygen atoms in total. The van der Waals surface area contributed by atoms with E-state index >= 15 is 0 Å². The van der Waals surface area contributed by atoms with E-state index in [-0.39, 0.29) is 23.9 Å². The smallest absolute Gasteiger partial charge is 0.158 e. The summed E-state index contributed by atoms with van der Waals surface area (Å²) in [6.07, 6.45) is 9.81. The zero-order chi connectivity index (χ0) is 19.4. The largest absolute Gasteiger partial charge is 0.368 e. The average Bonchev–Trinajstić information content (AvgIpc) is 3.12. The third-order valence-corrected chi connectivity index (χ3v) is 6.47. The Morgan fingerprint density at radius 1 is 1.30 bits per heavy atom. The van der Waals surface area contributed by atoms with Gasteiger partial charge in [-0.3, -0.25) is 0 Å². The molecular weight excluding hydrogens is 340 g/mol. The molecule has 3 aliphatic rings. The van der Waals surface area contributed by atoms with E-state index in [2.05, 4.69) is 44.8 Å². The predicted octanol–water partition coefficient (Wildman–Crippen LogP) is 4.27. The van der Waals surface area contributed by atoms with Crippen LogP contribution in [0, 0.1) is 35.0 Å². The van der Waals surface area contributed by atoms with Gasteiger partial charge in [0.15, 0.2) is 12.6 Å². The molecule has 0 amide bonds. The number of fused-ring (bicyclic) bond motifs is 1. The number of hydrogen-bond donors (Lipinski definition) is 1. The van der Waals surface area contributed by atoms with E-state index in [1.54, 1.807) is 0 Å². The lowest BCUT2D eigenvalue weighted by molar-refractivity contribution is -0.196. The zero-order valence-corrected chi connectivity index (χ0v) is 17.3. The second-order valence-electron chi connectivity index (χ2n) is 9.15. The highest BCUT2D eigenvalue weighted by molar-refractivity contribution is 5.09. The summed E-state index contributed by atoms with van der Waals surface area (Å²) >= 11 is 0. The van der Waals surface area contributed by atoms with E-state index in [0.29, 0.717) is 17.8 Å². The van der Waals surface area contributed by atoms with Crippen LogP contribution in [-0.4, -0.2) is 36.5 Å². The molecular formula is C23H36O4. The lowest BCUT2D eigenvalue weighted by Crippen LogP contribution is -2.36. The van der Waals surface area contributed by atoms with Crippen LogP contribution in [0.4, 0.5) is 0 Å². The molecule has 1 N–H and O–H groups in total. The molecule has 3 fully saturated rings. The Morgan fingerprint density at radius 2 is 2.11 bits per heavy atom. The fourth-order valence-corrected chi connectivity index (χ4v) is 4.77. The number of allylic oxidation sites excluding steroid dienone is 1. The molecule has 27 heavy (non-hydrogen) atoms. The lowest BCUT2D eigenvalue weighted by atomic mass is 9.81. The van der Waals surface area contributed by atoms with Crippen molar-refractivity contribution in [1.29, 1.82) is 0 Å². The van der Waals surface area contributed by atoms with Crippen LogP contribution in [0.15, 0.2) is 12.2 Å². The number of rotatable bonds is 6. The summed E-state index contributed by atoms with van der Waals surface area (Å²) in [6, 6.07) is 0. The van der Waals surface area contributed by atoms with Crippen molar-refractivity contribution in [3.05, 3.63) is 12.2 Å². The summed E-state index contributed by atoms with van der Waals surface area (Å²) < 4.78 is 17.9. The molecule has 0 aromatic heterocycles. The lowest BCUT2D eigenvalue weighted by Gasteiger charge is -2.35. The number of ether oxygens (including phenoxy) is 3. The molecule has 0 radical (unpaired) electrons. The highest BCUT2D eigenvalue weighted by Gasteiger charge is 2.46. The van der Waals surface area contributed by atoms with Crippen LogP contribution in [0.25, 0.3) is 0 Å². The minimum absolute atomic E-state index is 0.0417. The minimum atomic E-state index is -0.595. The third kappa shape index (κ3) is 5.15. The fraction of sp³-hybridized carbons (Fsp3) is 0.826. The first-order valence-corrected chi connectivity index (χ1v) is 10.6. The molecule has 2 aliphatic heterocycles.